The second kappa shape index (κ2) is 26.6. The van der Waals surface area contributed by atoms with Gasteiger partial charge in [0.05, 0.1) is 36.2 Å². The fraction of sp³-hybridized carbons (Fsp3) is 0.304. The van der Waals surface area contributed by atoms with Crippen molar-refractivity contribution in [3.05, 3.63) is 220 Å². The summed E-state index contributed by atoms with van der Waals surface area (Å²) in [5.74, 6) is 5.19. The van der Waals surface area contributed by atoms with E-state index in [4.69, 9.17) is 5.41 Å². The van der Waals surface area contributed by atoms with Crippen LogP contribution in [0.5, 0.6) is 0 Å². The van der Waals surface area contributed by atoms with Gasteiger partial charge in [-0.1, -0.05) is 111 Å². The highest BCUT2D eigenvalue weighted by Crippen LogP contribution is 2.42. The molecule has 444 valence electrons. The van der Waals surface area contributed by atoms with Crippen LogP contribution in [0.4, 0.5) is 46.9 Å². The molecule has 0 radical (unpaired) electrons. The molecule has 10 nitrogen and oxygen atoms in total. The highest BCUT2D eigenvalue weighted by atomic mass is 19.3. The van der Waals surface area contributed by atoms with E-state index in [1.54, 1.807) is 82.7 Å². The van der Waals surface area contributed by atoms with Crippen molar-refractivity contribution < 1.29 is 40.3 Å². The molecular weight excluding hydrogens is 1110 g/mol. The molecule has 5 aliphatic heterocycles. The maximum absolute atomic E-state index is 14.4. The van der Waals surface area contributed by atoms with E-state index in [-0.39, 0.29) is 35.3 Å². The summed E-state index contributed by atoms with van der Waals surface area (Å²) in [5.41, 5.74) is 8.27. The number of allylic oxidation sites excluding steroid dienone is 2. The number of para-hydroxylation sites is 2. The number of rotatable bonds is 8. The number of fused-ring (bicyclic) bond motifs is 3. The van der Waals surface area contributed by atoms with Gasteiger partial charge in [0.1, 0.15) is 23.3 Å². The van der Waals surface area contributed by atoms with E-state index in [9.17, 15) is 40.3 Å². The lowest BCUT2D eigenvalue weighted by Gasteiger charge is -2.44. The Bertz CT molecular complexity index is 3760. The standard InChI is InChI=1S/C38H31F4N3O.C29H30F3N5O.C2H6/c1-24-20-35(45(38(41)42)34-11-3-2-10-32(24)34)26-16-18-44(19-17-26)37(46)29-14-15-33(36(43)28-7-5-9-31(40)23-28)27(22-29)13-12-25-6-4-8-30(39)21-25;1-19-15-25(37(28(31)32)24-8-3-2-7-23(19)24)20-9-11-34(12-10-20)29(38)35-13-14-36-26(17-33-27(36)18-35)21-5-4-6-22(30)16-21;1-2/h2-11,14-15,20-23,26,35,38,43H,16-19H2,1H3;2-8,15-17,20,25,28H,9-14,18H2,1H3;1-2H3. The molecule has 17 heteroatoms. The van der Waals surface area contributed by atoms with Crippen molar-refractivity contribution in [3.8, 4) is 23.1 Å². The summed E-state index contributed by atoms with van der Waals surface area (Å²) < 4.78 is 101. The van der Waals surface area contributed by atoms with Crippen LogP contribution < -0.4 is 9.80 Å². The van der Waals surface area contributed by atoms with Gasteiger partial charge in [-0.2, -0.15) is 17.6 Å². The molecular formula is C69H67F7N8O2. The number of amides is 3. The zero-order valence-corrected chi connectivity index (χ0v) is 48.3. The Morgan fingerprint density at radius 1 is 0.570 bits per heavy atom. The lowest BCUT2D eigenvalue weighted by molar-refractivity contribution is 0.0660. The molecule has 2 fully saturated rings. The Kier molecular flexibility index (Phi) is 18.6. The number of nitrogens with one attached hydrogen (secondary N) is 1. The molecule has 5 aliphatic rings. The van der Waals surface area contributed by atoms with Gasteiger partial charge in [0.2, 0.25) is 0 Å². The molecule has 1 N–H and O–H groups in total. The summed E-state index contributed by atoms with van der Waals surface area (Å²) >= 11 is 0. The summed E-state index contributed by atoms with van der Waals surface area (Å²) in [6, 6.07) is 36.4. The number of benzene rings is 6. The molecule has 1 aromatic heterocycles. The third-order valence-electron chi connectivity index (χ3n) is 16.8. The number of piperidine rings is 2. The number of aromatic nitrogens is 2. The van der Waals surface area contributed by atoms with Gasteiger partial charge in [-0.05, 0) is 129 Å². The third kappa shape index (κ3) is 12.9. The summed E-state index contributed by atoms with van der Waals surface area (Å²) in [6.45, 7) is 6.03. The first-order valence-electron chi connectivity index (χ1n) is 29.2. The highest BCUT2D eigenvalue weighted by molar-refractivity contribution is 6.13. The fourth-order valence-corrected chi connectivity index (χ4v) is 12.5. The van der Waals surface area contributed by atoms with Crippen molar-refractivity contribution in [2.24, 2.45) is 11.8 Å². The van der Waals surface area contributed by atoms with Crippen molar-refractivity contribution >= 4 is 40.2 Å². The molecule has 3 amide bonds. The Morgan fingerprint density at radius 3 is 1.69 bits per heavy atom. The number of hydrogen-bond acceptors (Lipinski definition) is 6. The Morgan fingerprint density at radius 2 is 1.12 bits per heavy atom. The van der Waals surface area contributed by atoms with Gasteiger partial charge in [-0.15, -0.1) is 0 Å². The number of nitrogens with zero attached hydrogens (tertiary/aromatic N) is 7. The van der Waals surface area contributed by atoms with Gasteiger partial charge >= 0.3 is 19.1 Å². The van der Waals surface area contributed by atoms with E-state index in [2.05, 4.69) is 16.8 Å². The molecule has 7 aromatic rings. The Labute approximate surface area is 497 Å². The summed E-state index contributed by atoms with van der Waals surface area (Å²) in [4.78, 5) is 39.4. The van der Waals surface area contributed by atoms with Crippen molar-refractivity contribution in [1.82, 2.24) is 24.3 Å². The van der Waals surface area contributed by atoms with Crippen LogP contribution in [-0.2, 0) is 13.1 Å². The third-order valence-corrected chi connectivity index (χ3v) is 16.8. The predicted octanol–water partition coefficient (Wildman–Crippen LogP) is 15.0. The Hall–Kier alpha value is -8.91. The van der Waals surface area contributed by atoms with E-state index in [1.165, 1.54) is 52.3 Å². The second-order valence-corrected chi connectivity index (χ2v) is 21.9. The molecule has 0 saturated carbocycles. The highest BCUT2D eigenvalue weighted by Gasteiger charge is 2.40. The lowest BCUT2D eigenvalue weighted by atomic mass is 9.83. The molecule has 2 saturated heterocycles. The van der Waals surface area contributed by atoms with Crippen LogP contribution in [0.1, 0.15) is 103 Å². The van der Waals surface area contributed by atoms with E-state index in [0.717, 1.165) is 39.4 Å². The maximum Gasteiger partial charge on any atom is 0.320 e. The topological polar surface area (TPSA) is 92.0 Å². The van der Waals surface area contributed by atoms with E-state index >= 15 is 0 Å². The van der Waals surface area contributed by atoms with Crippen LogP contribution in [-0.4, -0.2) is 99.8 Å². The van der Waals surface area contributed by atoms with E-state index in [0.29, 0.717) is 111 Å². The molecule has 86 heavy (non-hydrogen) atoms. The van der Waals surface area contributed by atoms with Crippen LogP contribution >= 0.6 is 0 Å². The average Bonchev–Trinajstić information content (AvgIpc) is 1.81. The Balaban J connectivity index is 0.000000189. The minimum atomic E-state index is -2.66. The molecule has 2 atom stereocenters. The van der Waals surface area contributed by atoms with Gasteiger partial charge in [0.15, 0.2) is 0 Å². The minimum Gasteiger partial charge on any atom is -0.339 e. The number of halogens is 7. The van der Waals surface area contributed by atoms with Crippen LogP contribution in [0, 0.1) is 46.5 Å². The van der Waals surface area contributed by atoms with Gasteiger partial charge in [0, 0.05) is 95.2 Å². The average molecular weight is 1170 g/mol. The van der Waals surface area contributed by atoms with Crippen LogP contribution in [0.2, 0.25) is 0 Å². The molecule has 2 unspecified atom stereocenters. The molecule has 0 bridgehead atoms. The van der Waals surface area contributed by atoms with Crippen molar-refractivity contribution in [3.63, 3.8) is 0 Å². The van der Waals surface area contributed by atoms with Gasteiger partial charge in [0.25, 0.3) is 5.91 Å². The smallest absolute Gasteiger partial charge is 0.320 e. The number of likely N-dealkylation sites (tertiary alicyclic amines) is 2. The van der Waals surface area contributed by atoms with Gasteiger partial charge in [-0.25, -0.2) is 22.9 Å². The first-order valence-corrected chi connectivity index (χ1v) is 29.2. The number of alkyl halides is 4. The monoisotopic (exact) mass is 1170 g/mol. The molecule has 12 rings (SSSR count). The second-order valence-electron chi connectivity index (χ2n) is 21.9. The van der Waals surface area contributed by atoms with Crippen molar-refractivity contribution in [2.75, 3.05) is 42.5 Å². The number of imidazole rings is 1. The van der Waals surface area contributed by atoms with E-state index < -0.39 is 36.8 Å². The molecule has 6 aromatic carbocycles. The van der Waals surface area contributed by atoms with Crippen LogP contribution in [0.25, 0.3) is 22.4 Å². The number of carbonyl (C=O) groups is 2. The van der Waals surface area contributed by atoms with Crippen molar-refractivity contribution in [1.29, 1.82) is 5.41 Å². The first kappa shape index (κ1) is 60.2. The number of hydrogen-bond donors (Lipinski definition) is 1. The first-order chi connectivity index (χ1) is 41.6. The number of carbonyl (C=O) groups excluding carboxylic acids is 2. The zero-order valence-electron chi connectivity index (χ0n) is 48.3. The SMILES string of the molecule is CC.CC1=CC(C2CCN(C(=O)N3CCn4c(-c5cccc(F)c5)cnc4C3)CC2)N(C(F)F)c2ccccc21.CC1=CC(C2CCN(C(=O)c3ccc(C(=N)c4cccc(F)c4)c(C#Cc4cccc(F)c4)c3)CC2)N(C(F)F)c2ccccc21. The zero-order chi connectivity index (χ0) is 60.8. The largest absolute Gasteiger partial charge is 0.339 e. The minimum absolute atomic E-state index is 0.0313. The summed E-state index contributed by atoms with van der Waals surface area (Å²) in [5, 5.41) is 8.77. The van der Waals surface area contributed by atoms with Crippen LogP contribution in [0.15, 0.2) is 158 Å². The van der Waals surface area contributed by atoms with Crippen LogP contribution in [0.3, 0.4) is 0 Å². The molecule has 0 aliphatic carbocycles. The number of anilines is 2. The summed E-state index contributed by atoms with van der Waals surface area (Å²) in [7, 11) is 0. The molecule has 6 heterocycles. The normalized spacial score (nSPS) is 17.6. The molecule has 0 spiro atoms. The van der Waals surface area contributed by atoms with Gasteiger partial charge < -0.3 is 29.1 Å². The summed E-state index contributed by atoms with van der Waals surface area (Å²) in [6.07, 6.45) is 8.07. The fourth-order valence-electron chi connectivity index (χ4n) is 12.5. The van der Waals surface area contributed by atoms with Crippen molar-refractivity contribution in [2.45, 2.75) is 91.7 Å². The van der Waals surface area contributed by atoms with Gasteiger partial charge in [-0.3, -0.25) is 10.2 Å². The van der Waals surface area contributed by atoms with E-state index in [1.807, 2.05) is 79.6 Å². The number of urea groups is 1. The lowest BCUT2D eigenvalue weighted by Crippen LogP contribution is -2.52. The maximum atomic E-state index is 14.4. The predicted molar refractivity (Wildman–Crippen MR) is 324 cm³/mol. The quantitative estimate of drug-likeness (QED) is 0.0708.